The molecule has 0 saturated carbocycles. The lowest BCUT2D eigenvalue weighted by Crippen LogP contribution is -2.17. The van der Waals surface area contributed by atoms with Crippen LogP contribution in [0.3, 0.4) is 0 Å². The molecule has 0 fully saturated rings. The number of halogens is 2. The summed E-state index contributed by atoms with van der Waals surface area (Å²) in [5.74, 6) is -0.705. The predicted octanol–water partition coefficient (Wildman–Crippen LogP) is 3.07. The van der Waals surface area contributed by atoms with Crippen molar-refractivity contribution < 1.29 is 9.18 Å². The maximum absolute atomic E-state index is 13.0. The van der Waals surface area contributed by atoms with Crippen molar-refractivity contribution in [3.05, 3.63) is 70.5 Å². The van der Waals surface area contributed by atoms with Crippen LogP contribution >= 0.6 is 11.6 Å². The molecule has 3 rings (SSSR count). The molecule has 1 amide bonds. The van der Waals surface area contributed by atoms with Crippen LogP contribution in [0.1, 0.15) is 21.7 Å². The zero-order valence-electron chi connectivity index (χ0n) is 12.6. The number of aryl methyl sites for hydroxylation is 1. The van der Waals surface area contributed by atoms with E-state index in [9.17, 15) is 9.18 Å². The Labute approximate surface area is 142 Å². The Morgan fingerprint density at radius 3 is 2.79 bits per heavy atom. The second-order valence-electron chi connectivity index (χ2n) is 4.96. The molecule has 0 unspecified atom stereocenters. The largest absolute Gasteiger partial charge is 0.357 e. The van der Waals surface area contributed by atoms with Crippen molar-refractivity contribution in [1.82, 2.24) is 20.2 Å². The number of aromatic amines is 1. The number of carbonyl (C=O) groups is 1. The van der Waals surface area contributed by atoms with Crippen LogP contribution in [0.15, 0.2) is 47.7 Å². The van der Waals surface area contributed by atoms with E-state index < -0.39 is 0 Å². The van der Waals surface area contributed by atoms with Crippen LogP contribution in [-0.4, -0.2) is 26.9 Å². The Morgan fingerprint density at radius 2 is 2.12 bits per heavy atom. The van der Waals surface area contributed by atoms with E-state index in [1.165, 1.54) is 23.0 Å². The molecule has 0 aliphatic carbocycles. The van der Waals surface area contributed by atoms with Crippen molar-refractivity contribution in [3.8, 4) is 5.69 Å². The van der Waals surface area contributed by atoms with Gasteiger partial charge in [-0.1, -0.05) is 11.6 Å². The van der Waals surface area contributed by atoms with E-state index in [0.717, 1.165) is 0 Å². The fraction of sp³-hybridized carbons (Fsp3) is 0.0625. The molecule has 0 aliphatic heterocycles. The van der Waals surface area contributed by atoms with Gasteiger partial charge in [-0.25, -0.2) is 14.5 Å². The summed E-state index contributed by atoms with van der Waals surface area (Å²) in [5.41, 5.74) is 4.61. The van der Waals surface area contributed by atoms with E-state index in [4.69, 9.17) is 11.6 Å². The Kier molecular flexibility index (Phi) is 4.43. The first-order valence-electron chi connectivity index (χ1n) is 7.04. The average Bonchev–Trinajstić information content (AvgIpc) is 3.19. The summed E-state index contributed by atoms with van der Waals surface area (Å²) in [5, 5.41) is 8.52. The van der Waals surface area contributed by atoms with Crippen molar-refractivity contribution in [1.29, 1.82) is 0 Å². The van der Waals surface area contributed by atoms with Gasteiger partial charge < -0.3 is 4.98 Å². The van der Waals surface area contributed by atoms with E-state index in [1.807, 2.05) is 0 Å². The lowest BCUT2D eigenvalue weighted by atomic mass is 10.3. The molecule has 24 heavy (non-hydrogen) atoms. The molecule has 0 bridgehead atoms. The standard InChI is InChI=1S/C16H13ClFN5O/c1-10-13(9-20-21-16(24)14-3-2-8-19-14)15(17)23(22-10)12-6-4-11(18)5-7-12/h2-9,19H,1H3,(H,21,24)/b20-9-. The van der Waals surface area contributed by atoms with Crippen LogP contribution in [0, 0.1) is 12.7 Å². The van der Waals surface area contributed by atoms with Gasteiger partial charge in [0.25, 0.3) is 5.91 Å². The Hall–Kier alpha value is -2.93. The number of aromatic nitrogens is 3. The summed E-state index contributed by atoms with van der Waals surface area (Å²) in [4.78, 5) is 14.6. The molecule has 2 N–H and O–H groups in total. The maximum Gasteiger partial charge on any atom is 0.287 e. The molecule has 0 spiro atoms. The summed E-state index contributed by atoms with van der Waals surface area (Å²) in [6.07, 6.45) is 3.07. The van der Waals surface area contributed by atoms with Crippen LogP contribution < -0.4 is 5.43 Å². The van der Waals surface area contributed by atoms with Gasteiger partial charge in [-0.2, -0.15) is 10.2 Å². The fourth-order valence-electron chi connectivity index (χ4n) is 2.10. The number of nitrogens with one attached hydrogen (secondary N) is 2. The quantitative estimate of drug-likeness (QED) is 0.563. The summed E-state index contributed by atoms with van der Waals surface area (Å²) < 4.78 is 14.5. The van der Waals surface area contributed by atoms with Crippen LogP contribution in [0.4, 0.5) is 4.39 Å². The molecular weight excluding hydrogens is 333 g/mol. The first kappa shape index (κ1) is 15.9. The molecule has 0 aliphatic rings. The van der Waals surface area contributed by atoms with Gasteiger partial charge in [0.05, 0.1) is 23.2 Å². The molecule has 2 aromatic heterocycles. The minimum absolute atomic E-state index is 0.317. The zero-order valence-corrected chi connectivity index (χ0v) is 13.4. The van der Waals surface area contributed by atoms with Gasteiger partial charge in [0.15, 0.2) is 0 Å². The van der Waals surface area contributed by atoms with Crippen LogP contribution in [0.2, 0.25) is 5.15 Å². The van der Waals surface area contributed by atoms with Crippen molar-refractivity contribution in [3.63, 3.8) is 0 Å². The van der Waals surface area contributed by atoms with Crippen molar-refractivity contribution in [2.45, 2.75) is 6.92 Å². The molecule has 122 valence electrons. The van der Waals surface area contributed by atoms with E-state index in [-0.39, 0.29) is 11.7 Å². The van der Waals surface area contributed by atoms with Gasteiger partial charge in [0, 0.05) is 6.20 Å². The predicted molar refractivity (Wildman–Crippen MR) is 89.1 cm³/mol. The van der Waals surface area contributed by atoms with Gasteiger partial charge in [-0.3, -0.25) is 4.79 Å². The topological polar surface area (TPSA) is 75.1 Å². The Morgan fingerprint density at radius 1 is 1.38 bits per heavy atom. The first-order valence-corrected chi connectivity index (χ1v) is 7.42. The number of hydrogen-bond acceptors (Lipinski definition) is 3. The normalized spacial score (nSPS) is 11.1. The monoisotopic (exact) mass is 345 g/mol. The first-order chi connectivity index (χ1) is 11.6. The lowest BCUT2D eigenvalue weighted by Gasteiger charge is -2.02. The maximum atomic E-state index is 13.0. The molecule has 2 heterocycles. The van der Waals surface area contributed by atoms with Gasteiger partial charge in [-0.15, -0.1) is 0 Å². The molecule has 1 aromatic carbocycles. The second-order valence-corrected chi connectivity index (χ2v) is 5.32. The minimum atomic E-state index is -0.365. The van der Waals surface area contributed by atoms with E-state index >= 15 is 0 Å². The second kappa shape index (κ2) is 6.67. The molecule has 0 radical (unpaired) electrons. The zero-order chi connectivity index (χ0) is 17.1. The molecular formula is C16H13ClFN5O. The highest BCUT2D eigenvalue weighted by Crippen LogP contribution is 2.22. The van der Waals surface area contributed by atoms with E-state index in [1.54, 1.807) is 37.4 Å². The van der Waals surface area contributed by atoms with Gasteiger partial charge in [-0.05, 0) is 43.3 Å². The third-order valence-corrected chi connectivity index (χ3v) is 3.69. The summed E-state index contributed by atoms with van der Waals surface area (Å²) in [7, 11) is 0. The molecule has 0 saturated heterocycles. The summed E-state index contributed by atoms with van der Waals surface area (Å²) in [6.45, 7) is 1.76. The highest BCUT2D eigenvalue weighted by Gasteiger charge is 2.13. The van der Waals surface area contributed by atoms with E-state index in [2.05, 4.69) is 20.6 Å². The number of H-pyrrole nitrogens is 1. The van der Waals surface area contributed by atoms with Crippen LogP contribution in [0.5, 0.6) is 0 Å². The molecule has 6 nitrogen and oxygen atoms in total. The smallest absolute Gasteiger partial charge is 0.287 e. The van der Waals surface area contributed by atoms with E-state index in [0.29, 0.717) is 27.8 Å². The molecule has 0 atom stereocenters. The number of rotatable bonds is 4. The SMILES string of the molecule is Cc1nn(-c2ccc(F)cc2)c(Cl)c1/C=N\NC(=O)c1ccc[nH]1. The van der Waals surface area contributed by atoms with Gasteiger partial charge in [0.2, 0.25) is 0 Å². The van der Waals surface area contributed by atoms with Gasteiger partial charge >= 0.3 is 0 Å². The average molecular weight is 346 g/mol. The molecule has 8 heteroatoms. The number of hydrazone groups is 1. The fourth-order valence-corrected chi connectivity index (χ4v) is 2.42. The van der Waals surface area contributed by atoms with Crippen molar-refractivity contribution >= 4 is 23.7 Å². The third-order valence-electron chi connectivity index (χ3n) is 3.32. The summed E-state index contributed by atoms with van der Waals surface area (Å²) in [6, 6.07) is 9.14. The summed E-state index contributed by atoms with van der Waals surface area (Å²) >= 11 is 6.32. The number of amides is 1. The lowest BCUT2D eigenvalue weighted by molar-refractivity contribution is 0.0951. The number of nitrogens with zero attached hydrogens (tertiary/aromatic N) is 3. The highest BCUT2D eigenvalue weighted by molar-refractivity contribution is 6.32. The number of hydrogen-bond donors (Lipinski definition) is 2. The van der Waals surface area contributed by atoms with Crippen LogP contribution in [0.25, 0.3) is 5.69 Å². The molecule has 3 aromatic rings. The Balaban J connectivity index is 1.80. The van der Waals surface area contributed by atoms with Crippen molar-refractivity contribution in [2.75, 3.05) is 0 Å². The third kappa shape index (κ3) is 3.21. The number of carbonyl (C=O) groups excluding carboxylic acids is 1. The minimum Gasteiger partial charge on any atom is -0.357 e. The number of benzene rings is 1. The Bertz CT molecular complexity index is 884. The highest BCUT2D eigenvalue weighted by atomic mass is 35.5. The van der Waals surface area contributed by atoms with Crippen LogP contribution in [-0.2, 0) is 0 Å². The van der Waals surface area contributed by atoms with Gasteiger partial charge in [0.1, 0.15) is 16.7 Å². The van der Waals surface area contributed by atoms with Crippen molar-refractivity contribution in [2.24, 2.45) is 5.10 Å².